The van der Waals surface area contributed by atoms with E-state index < -0.39 is 0 Å². The van der Waals surface area contributed by atoms with Crippen LogP contribution in [-0.4, -0.2) is 37.9 Å². The van der Waals surface area contributed by atoms with Crippen molar-refractivity contribution in [1.82, 2.24) is 16.8 Å². The lowest BCUT2D eigenvalue weighted by Gasteiger charge is -2.02. The minimum Gasteiger partial charge on any atom is -0.372 e. The number of aliphatic imine (C=N–C) groups is 2. The van der Waals surface area contributed by atoms with Crippen LogP contribution in [0, 0.1) is 11.8 Å². The largest absolute Gasteiger partial charge is 0.372 e. The predicted molar refractivity (Wildman–Crippen MR) is 86.9 cm³/mol. The van der Waals surface area contributed by atoms with E-state index in [-0.39, 0.29) is 31.0 Å². The van der Waals surface area contributed by atoms with Crippen LogP contribution in [-0.2, 0) is 0 Å². The van der Waals surface area contributed by atoms with E-state index in [1.165, 1.54) is 11.7 Å². The van der Waals surface area contributed by atoms with Gasteiger partial charge in [0.1, 0.15) is 0 Å². The van der Waals surface area contributed by atoms with Crippen LogP contribution in [0.1, 0.15) is 27.7 Å². The molecule has 2 rings (SSSR count). The summed E-state index contributed by atoms with van der Waals surface area (Å²) in [5.41, 5.74) is 0. The second kappa shape index (κ2) is 12.5. The molecule has 7 heteroatoms. The SMILES string of the molecule is CC(C)C1=NCCN1.CC(C)C1=NCCN1.Cl.Cl.[N]. The summed E-state index contributed by atoms with van der Waals surface area (Å²) < 4.78 is 0. The highest BCUT2D eigenvalue weighted by Gasteiger charge is 2.07. The molecule has 3 radical (unpaired) electrons. The van der Waals surface area contributed by atoms with Gasteiger partial charge in [-0.25, -0.2) is 0 Å². The van der Waals surface area contributed by atoms with Gasteiger partial charge in [0.05, 0.1) is 24.8 Å². The highest BCUT2D eigenvalue weighted by atomic mass is 35.5. The van der Waals surface area contributed by atoms with E-state index in [1.54, 1.807) is 0 Å². The van der Waals surface area contributed by atoms with Gasteiger partial charge in [-0.15, -0.1) is 24.8 Å². The molecule has 0 unspecified atom stereocenters. The molecule has 0 atom stereocenters. The second-order valence-corrected chi connectivity index (χ2v) is 4.70. The molecular weight excluding hydrogens is 285 g/mol. The van der Waals surface area contributed by atoms with Crippen LogP contribution in [0.5, 0.6) is 0 Å². The molecule has 0 bridgehead atoms. The number of nitrogens with one attached hydrogen (secondary N) is 2. The number of hydrogen-bond donors (Lipinski definition) is 2. The zero-order valence-corrected chi connectivity index (χ0v) is 13.8. The fraction of sp³-hybridized carbons (Fsp3) is 0.833. The summed E-state index contributed by atoms with van der Waals surface area (Å²) in [6.07, 6.45) is 0. The standard InChI is InChI=1S/2C6H12N2.2ClH.N/c2*1-5(2)6-7-3-4-8-6;;;/h2*5H,3-4H2,1-2H3,(H,7,8);2*1H;. The highest BCUT2D eigenvalue weighted by molar-refractivity contribution is 5.86. The molecule has 0 saturated carbocycles. The number of rotatable bonds is 2. The van der Waals surface area contributed by atoms with Crippen LogP contribution in [0.25, 0.3) is 0 Å². The van der Waals surface area contributed by atoms with Crippen molar-refractivity contribution >= 4 is 36.5 Å². The van der Waals surface area contributed by atoms with Crippen molar-refractivity contribution in [2.24, 2.45) is 21.8 Å². The molecule has 2 aliphatic heterocycles. The molecule has 0 aliphatic carbocycles. The summed E-state index contributed by atoms with van der Waals surface area (Å²) in [7, 11) is 0. The summed E-state index contributed by atoms with van der Waals surface area (Å²) in [5, 5.41) is 6.41. The maximum Gasteiger partial charge on any atom is 0.0990 e. The zero-order chi connectivity index (χ0) is 12.0. The lowest BCUT2D eigenvalue weighted by atomic mass is 10.2. The molecule has 0 aromatic heterocycles. The summed E-state index contributed by atoms with van der Waals surface area (Å²) in [6.45, 7) is 12.6. The van der Waals surface area contributed by atoms with Gasteiger partial charge < -0.3 is 10.6 Å². The maximum atomic E-state index is 4.24. The molecule has 19 heavy (non-hydrogen) atoms. The molecule has 0 saturated heterocycles. The topological polar surface area (TPSA) is 79.3 Å². The van der Waals surface area contributed by atoms with E-state index in [0.29, 0.717) is 11.8 Å². The molecule has 0 aromatic rings. The van der Waals surface area contributed by atoms with Crippen LogP contribution in [0.2, 0.25) is 0 Å². The van der Waals surface area contributed by atoms with E-state index in [9.17, 15) is 0 Å². The first kappa shape index (κ1) is 23.6. The Balaban J connectivity index is -0.000000233. The van der Waals surface area contributed by atoms with E-state index >= 15 is 0 Å². The van der Waals surface area contributed by atoms with Crippen molar-refractivity contribution in [3.05, 3.63) is 0 Å². The summed E-state index contributed by atoms with van der Waals surface area (Å²) in [5.74, 6) is 3.50. The van der Waals surface area contributed by atoms with Crippen molar-refractivity contribution in [1.29, 1.82) is 0 Å². The van der Waals surface area contributed by atoms with Gasteiger partial charge in [-0.05, 0) is 0 Å². The molecule has 0 spiro atoms. The van der Waals surface area contributed by atoms with Crippen LogP contribution in [0.3, 0.4) is 0 Å². The summed E-state index contributed by atoms with van der Waals surface area (Å²) >= 11 is 0. The molecule has 113 valence electrons. The molecule has 0 fully saturated rings. The van der Waals surface area contributed by atoms with E-state index in [2.05, 4.69) is 48.3 Å². The third-order valence-electron chi connectivity index (χ3n) is 2.49. The lowest BCUT2D eigenvalue weighted by Crippen LogP contribution is -2.23. The van der Waals surface area contributed by atoms with Crippen molar-refractivity contribution in [2.45, 2.75) is 27.7 Å². The van der Waals surface area contributed by atoms with Crippen molar-refractivity contribution < 1.29 is 0 Å². The third kappa shape index (κ3) is 9.08. The number of halogens is 2. The first-order valence-electron chi connectivity index (χ1n) is 6.17. The third-order valence-corrected chi connectivity index (χ3v) is 2.49. The van der Waals surface area contributed by atoms with Gasteiger partial charge in [0, 0.05) is 31.1 Å². The molecule has 0 aromatic carbocycles. The quantitative estimate of drug-likeness (QED) is 0.813. The Morgan fingerprint density at radius 2 is 1.11 bits per heavy atom. The highest BCUT2D eigenvalue weighted by Crippen LogP contribution is 1.97. The van der Waals surface area contributed by atoms with Gasteiger partial charge in [0.2, 0.25) is 0 Å². The number of amidine groups is 2. The van der Waals surface area contributed by atoms with E-state index in [0.717, 1.165) is 26.2 Å². The minimum absolute atomic E-state index is 0. The van der Waals surface area contributed by atoms with Gasteiger partial charge in [-0.3, -0.25) is 9.98 Å². The number of hydrogen-bond acceptors (Lipinski definition) is 4. The smallest absolute Gasteiger partial charge is 0.0990 e. The number of nitrogens with zero attached hydrogens (tertiary/aromatic N) is 3. The zero-order valence-electron chi connectivity index (χ0n) is 12.1. The van der Waals surface area contributed by atoms with Gasteiger partial charge >= 0.3 is 0 Å². The maximum absolute atomic E-state index is 4.24. The molecule has 5 nitrogen and oxygen atoms in total. The van der Waals surface area contributed by atoms with Crippen molar-refractivity contribution in [2.75, 3.05) is 26.2 Å². The Morgan fingerprint density at radius 1 is 0.789 bits per heavy atom. The van der Waals surface area contributed by atoms with Gasteiger partial charge in [0.25, 0.3) is 0 Å². The molecule has 0 amide bonds. The lowest BCUT2D eigenvalue weighted by molar-refractivity contribution is 0.838. The van der Waals surface area contributed by atoms with Gasteiger partial charge in [0.15, 0.2) is 0 Å². The minimum atomic E-state index is 0. The van der Waals surface area contributed by atoms with Crippen molar-refractivity contribution in [3.63, 3.8) is 0 Å². The molecular formula is C12H26Cl2N5. The fourth-order valence-corrected chi connectivity index (χ4v) is 1.61. The van der Waals surface area contributed by atoms with Crippen LogP contribution in [0.4, 0.5) is 0 Å². The van der Waals surface area contributed by atoms with Crippen LogP contribution >= 0.6 is 24.8 Å². The van der Waals surface area contributed by atoms with Gasteiger partial charge in [-0.2, -0.15) is 0 Å². The second-order valence-electron chi connectivity index (χ2n) is 4.70. The molecule has 2 heterocycles. The van der Waals surface area contributed by atoms with E-state index in [4.69, 9.17) is 0 Å². The first-order valence-corrected chi connectivity index (χ1v) is 6.17. The van der Waals surface area contributed by atoms with Crippen LogP contribution in [0.15, 0.2) is 9.98 Å². The van der Waals surface area contributed by atoms with Crippen molar-refractivity contribution in [3.8, 4) is 0 Å². The molecule has 2 N–H and O–H groups in total. The van der Waals surface area contributed by atoms with Crippen LogP contribution < -0.4 is 16.8 Å². The Labute approximate surface area is 129 Å². The monoisotopic (exact) mass is 310 g/mol. The Morgan fingerprint density at radius 3 is 1.21 bits per heavy atom. The van der Waals surface area contributed by atoms with E-state index in [1.807, 2.05) is 0 Å². The Bertz CT molecular complexity index is 249. The van der Waals surface area contributed by atoms with Gasteiger partial charge in [-0.1, -0.05) is 27.7 Å². The fourth-order valence-electron chi connectivity index (χ4n) is 1.61. The predicted octanol–water partition coefficient (Wildman–Crippen LogP) is 1.65. The Kier molecular flexibility index (Phi) is 15.5. The molecule has 2 aliphatic rings. The average Bonchev–Trinajstić information content (AvgIpc) is 2.93. The Hall–Kier alpha value is -0.520. The first-order chi connectivity index (χ1) is 7.61. The average molecular weight is 311 g/mol. The normalized spacial score (nSPS) is 15.7. The summed E-state index contributed by atoms with van der Waals surface area (Å²) in [6, 6.07) is 0. The summed E-state index contributed by atoms with van der Waals surface area (Å²) in [4.78, 5) is 8.48.